The van der Waals surface area contributed by atoms with E-state index in [-0.39, 0.29) is 23.1 Å². The van der Waals surface area contributed by atoms with Gasteiger partial charge in [0, 0.05) is 5.02 Å². The lowest BCUT2D eigenvalue weighted by atomic mass is 10.2. The average molecular weight is 374 g/mol. The normalized spacial score (nSPS) is 11.1. The van der Waals surface area contributed by atoms with Crippen LogP contribution in [0.1, 0.15) is 5.56 Å². The second-order valence-electron chi connectivity index (χ2n) is 5.19. The van der Waals surface area contributed by atoms with Gasteiger partial charge in [-0.15, -0.1) is 0 Å². The highest BCUT2D eigenvalue weighted by Crippen LogP contribution is 2.29. The summed E-state index contributed by atoms with van der Waals surface area (Å²) < 4.78 is 46.9. The van der Waals surface area contributed by atoms with Crippen molar-refractivity contribution in [1.29, 1.82) is 0 Å². The Bertz CT molecular complexity index is 733. The van der Waals surface area contributed by atoms with Gasteiger partial charge in [-0.2, -0.15) is 13.2 Å². The van der Waals surface area contributed by atoms with Gasteiger partial charge < -0.3 is 14.8 Å². The van der Waals surface area contributed by atoms with Gasteiger partial charge in [-0.25, -0.2) is 0 Å². The van der Waals surface area contributed by atoms with Crippen molar-refractivity contribution in [2.75, 3.05) is 18.5 Å². The molecule has 2 rings (SSSR count). The van der Waals surface area contributed by atoms with Crippen LogP contribution in [0, 0.1) is 6.92 Å². The molecule has 0 saturated heterocycles. The highest BCUT2D eigenvalue weighted by Gasteiger charge is 2.29. The zero-order valence-electron chi connectivity index (χ0n) is 13.2. The summed E-state index contributed by atoms with van der Waals surface area (Å²) in [6, 6.07) is 11.0. The fourth-order valence-electron chi connectivity index (χ4n) is 1.85. The standard InChI is InChI=1S/C17H15ClF3NO3/c1-11-2-5-13(6-3-11)24-9-16(23)22-14-8-12(18)4-7-15(14)25-10-17(19,20)21/h2-8H,9-10H2,1H3,(H,22,23). The van der Waals surface area contributed by atoms with Gasteiger partial charge >= 0.3 is 6.18 Å². The molecule has 0 unspecified atom stereocenters. The molecule has 0 atom stereocenters. The number of amides is 1. The molecule has 0 bridgehead atoms. The van der Waals surface area contributed by atoms with Crippen LogP contribution in [0.3, 0.4) is 0 Å². The minimum absolute atomic E-state index is 0.0363. The number of carbonyl (C=O) groups is 1. The summed E-state index contributed by atoms with van der Waals surface area (Å²) in [4.78, 5) is 12.0. The fraction of sp³-hybridized carbons (Fsp3) is 0.235. The quantitative estimate of drug-likeness (QED) is 0.804. The minimum Gasteiger partial charge on any atom is -0.484 e. The van der Waals surface area contributed by atoms with Crippen molar-refractivity contribution in [2.24, 2.45) is 0 Å². The van der Waals surface area contributed by atoms with E-state index in [1.165, 1.54) is 18.2 Å². The second kappa shape index (κ2) is 8.11. The van der Waals surface area contributed by atoms with E-state index in [4.69, 9.17) is 21.1 Å². The number of anilines is 1. The van der Waals surface area contributed by atoms with Crippen LogP contribution in [0.25, 0.3) is 0 Å². The molecule has 0 aliphatic rings. The first-order valence-corrected chi connectivity index (χ1v) is 7.59. The van der Waals surface area contributed by atoms with Gasteiger partial charge in [0.05, 0.1) is 5.69 Å². The van der Waals surface area contributed by atoms with Crippen LogP contribution in [0.5, 0.6) is 11.5 Å². The molecule has 8 heteroatoms. The number of hydrogen-bond acceptors (Lipinski definition) is 3. The van der Waals surface area contributed by atoms with E-state index < -0.39 is 18.7 Å². The number of ether oxygens (including phenoxy) is 2. The first kappa shape index (κ1) is 18.9. The molecule has 25 heavy (non-hydrogen) atoms. The topological polar surface area (TPSA) is 47.6 Å². The Labute approximate surface area is 147 Å². The molecule has 134 valence electrons. The van der Waals surface area contributed by atoms with E-state index in [2.05, 4.69) is 5.32 Å². The Kier molecular flexibility index (Phi) is 6.14. The van der Waals surface area contributed by atoms with Crippen molar-refractivity contribution < 1.29 is 27.4 Å². The number of rotatable bonds is 6. The molecule has 0 aliphatic carbocycles. The molecule has 2 aromatic carbocycles. The predicted molar refractivity (Wildman–Crippen MR) is 88.3 cm³/mol. The van der Waals surface area contributed by atoms with Crippen LogP contribution in [-0.4, -0.2) is 25.3 Å². The van der Waals surface area contributed by atoms with E-state index in [1.54, 1.807) is 12.1 Å². The molecule has 0 radical (unpaired) electrons. The maximum atomic E-state index is 12.3. The van der Waals surface area contributed by atoms with E-state index in [9.17, 15) is 18.0 Å². The number of benzene rings is 2. The summed E-state index contributed by atoms with van der Waals surface area (Å²) in [5, 5.41) is 2.67. The van der Waals surface area contributed by atoms with Crippen molar-refractivity contribution in [2.45, 2.75) is 13.1 Å². The maximum Gasteiger partial charge on any atom is 0.422 e. The third-order valence-electron chi connectivity index (χ3n) is 3.00. The fourth-order valence-corrected chi connectivity index (χ4v) is 2.03. The Hall–Kier alpha value is -2.41. The first-order valence-electron chi connectivity index (χ1n) is 7.21. The van der Waals surface area contributed by atoms with Gasteiger partial charge in [-0.1, -0.05) is 29.3 Å². The van der Waals surface area contributed by atoms with Gasteiger partial charge in [-0.3, -0.25) is 4.79 Å². The Balaban J connectivity index is 1.98. The summed E-state index contributed by atoms with van der Waals surface area (Å²) in [6.45, 7) is 0.129. The minimum atomic E-state index is -4.49. The molecule has 0 heterocycles. The summed E-state index contributed by atoms with van der Waals surface area (Å²) in [6.07, 6.45) is -4.49. The zero-order valence-corrected chi connectivity index (χ0v) is 13.9. The summed E-state index contributed by atoms with van der Waals surface area (Å²) in [7, 11) is 0. The largest absolute Gasteiger partial charge is 0.484 e. The lowest BCUT2D eigenvalue weighted by Gasteiger charge is -2.14. The maximum absolute atomic E-state index is 12.3. The number of aryl methyl sites for hydroxylation is 1. The molecule has 0 fully saturated rings. The van der Waals surface area contributed by atoms with Gasteiger partial charge in [0.2, 0.25) is 0 Å². The van der Waals surface area contributed by atoms with Gasteiger partial charge in [0.25, 0.3) is 5.91 Å². The summed E-state index contributed by atoms with van der Waals surface area (Å²) >= 11 is 5.82. The second-order valence-corrected chi connectivity index (χ2v) is 5.63. The number of nitrogens with one attached hydrogen (secondary N) is 1. The lowest BCUT2D eigenvalue weighted by molar-refractivity contribution is -0.153. The molecular formula is C17H15ClF3NO3. The molecule has 2 aromatic rings. The number of hydrogen-bond donors (Lipinski definition) is 1. The third-order valence-corrected chi connectivity index (χ3v) is 3.23. The van der Waals surface area contributed by atoms with Crippen molar-refractivity contribution in [3.63, 3.8) is 0 Å². The third kappa shape index (κ3) is 6.54. The summed E-state index contributed by atoms with van der Waals surface area (Å²) in [5.74, 6) is -0.189. The first-order chi connectivity index (χ1) is 11.7. The van der Waals surface area contributed by atoms with Crippen LogP contribution in [0.15, 0.2) is 42.5 Å². The zero-order chi connectivity index (χ0) is 18.4. The van der Waals surface area contributed by atoms with Crippen LogP contribution in [0.4, 0.5) is 18.9 Å². The van der Waals surface area contributed by atoms with E-state index in [0.717, 1.165) is 5.56 Å². The number of halogens is 4. The monoisotopic (exact) mass is 373 g/mol. The predicted octanol–water partition coefficient (Wildman–Crippen LogP) is 4.61. The number of alkyl halides is 3. The Morgan fingerprint density at radius 3 is 2.44 bits per heavy atom. The van der Waals surface area contributed by atoms with Crippen molar-refractivity contribution in [3.05, 3.63) is 53.1 Å². The summed E-state index contributed by atoms with van der Waals surface area (Å²) in [5.41, 5.74) is 1.08. The van der Waals surface area contributed by atoms with E-state index >= 15 is 0 Å². The van der Waals surface area contributed by atoms with E-state index in [0.29, 0.717) is 5.75 Å². The lowest BCUT2D eigenvalue weighted by Crippen LogP contribution is -2.22. The SMILES string of the molecule is Cc1ccc(OCC(=O)Nc2cc(Cl)ccc2OCC(F)(F)F)cc1. The van der Waals surface area contributed by atoms with Gasteiger partial charge in [0.1, 0.15) is 11.5 Å². The average Bonchev–Trinajstić information content (AvgIpc) is 2.53. The molecule has 0 aromatic heterocycles. The molecule has 1 amide bonds. The molecule has 0 aliphatic heterocycles. The van der Waals surface area contributed by atoms with Crippen LogP contribution in [0.2, 0.25) is 5.02 Å². The van der Waals surface area contributed by atoms with Crippen LogP contribution >= 0.6 is 11.6 Å². The highest BCUT2D eigenvalue weighted by molar-refractivity contribution is 6.31. The molecule has 0 spiro atoms. The Morgan fingerprint density at radius 2 is 1.80 bits per heavy atom. The van der Waals surface area contributed by atoms with Crippen LogP contribution < -0.4 is 14.8 Å². The Morgan fingerprint density at radius 1 is 1.12 bits per heavy atom. The smallest absolute Gasteiger partial charge is 0.422 e. The highest BCUT2D eigenvalue weighted by atomic mass is 35.5. The van der Waals surface area contributed by atoms with Crippen LogP contribution in [-0.2, 0) is 4.79 Å². The molecular weight excluding hydrogens is 359 g/mol. The van der Waals surface area contributed by atoms with Crippen molar-refractivity contribution in [3.8, 4) is 11.5 Å². The van der Waals surface area contributed by atoms with E-state index in [1.807, 2.05) is 19.1 Å². The van der Waals surface area contributed by atoms with Crippen molar-refractivity contribution in [1.82, 2.24) is 0 Å². The molecule has 4 nitrogen and oxygen atoms in total. The number of carbonyl (C=O) groups excluding carboxylic acids is 1. The van der Waals surface area contributed by atoms with Crippen molar-refractivity contribution >= 4 is 23.2 Å². The molecule has 1 N–H and O–H groups in total. The van der Waals surface area contributed by atoms with Gasteiger partial charge in [-0.05, 0) is 37.3 Å². The molecule has 0 saturated carbocycles. The van der Waals surface area contributed by atoms with Gasteiger partial charge in [0.15, 0.2) is 13.2 Å².